The van der Waals surface area contributed by atoms with Crippen molar-refractivity contribution in [2.75, 3.05) is 12.4 Å². The van der Waals surface area contributed by atoms with Crippen LogP contribution in [0.25, 0.3) is 0 Å². The zero-order chi connectivity index (χ0) is 15.2. The van der Waals surface area contributed by atoms with Crippen molar-refractivity contribution in [2.24, 2.45) is 0 Å². The molecule has 0 saturated heterocycles. The van der Waals surface area contributed by atoms with Crippen molar-refractivity contribution in [3.63, 3.8) is 0 Å². The second-order valence-corrected chi connectivity index (χ2v) is 4.57. The maximum Gasteiger partial charge on any atom is 0.261 e. The summed E-state index contributed by atoms with van der Waals surface area (Å²) in [6.07, 6.45) is 0. The highest BCUT2D eigenvalue weighted by atomic mass is 32.1. The summed E-state index contributed by atoms with van der Waals surface area (Å²) in [7, 11) is 1.50. The molecule has 0 aliphatic heterocycles. The van der Waals surface area contributed by atoms with Gasteiger partial charge in [0.25, 0.3) is 5.91 Å². The van der Waals surface area contributed by atoms with E-state index in [0.717, 1.165) is 0 Å². The number of anilines is 1. The number of carbonyl (C=O) groups is 1. The van der Waals surface area contributed by atoms with Crippen LogP contribution in [0.4, 0.5) is 5.69 Å². The fourth-order valence-electron chi connectivity index (χ4n) is 1.75. The molecule has 2 aromatic rings. The number of nitrogens with one attached hydrogen (secondary N) is 2. The second kappa shape index (κ2) is 6.71. The Bertz CT molecular complexity index is 673. The Morgan fingerprint density at radius 1 is 1.19 bits per heavy atom. The molecule has 0 atom stereocenters. The molecule has 6 heteroatoms. The summed E-state index contributed by atoms with van der Waals surface area (Å²) in [4.78, 5) is 12.1. The summed E-state index contributed by atoms with van der Waals surface area (Å²) < 4.78 is 5.12. The summed E-state index contributed by atoms with van der Waals surface area (Å²) in [5, 5.41) is 14.9. The quantitative estimate of drug-likeness (QED) is 0.760. The van der Waals surface area contributed by atoms with E-state index < -0.39 is 0 Å². The lowest BCUT2D eigenvalue weighted by atomic mass is 10.2. The SMILES string of the molecule is COc1ccccc1C(=O)NC(=S)Nc1cccc(O)c1. The van der Waals surface area contributed by atoms with Gasteiger partial charge in [0.2, 0.25) is 0 Å². The molecule has 5 nitrogen and oxygen atoms in total. The van der Waals surface area contributed by atoms with Crippen LogP contribution in [-0.4, -0.2) is 23.2 Å². The number of phenolic OH excluding ortho intramolecular Hbond substituents is 1. The van der Waals surface area contributed by atoms with Crippen LogP contribution in [-0.2, 0) is 0 Å². The van der Waals surface area contributed by atoms with E-state index in [1.165, 1.54) is 13.2 Å². The number of aromatic hydroxyl groups is 1. The minimum absolute atomic E-state index is 0.110. The number of hydrogen-bond donors (Lipinski definition) is 3. The van der Waals surface area contributed by atoms with Gasteiger partial charge >= 0.3 is 0 Å². The molecular weight excluding hydrogens is 288 g/mol. The zero-order valence-electron chi connectivity index (χ0n) is 11.3. The van der Waals surface area contributed by atoms with Crippen LogP contribution in [0.2, 0.25) is 0 Å². The maximum atomic E-state index is 12.1. The van der Waals surface area contributed by atoms with Crippen LogP contribution in [0.15, 0.2) is 48.5 Å². The van der Waals surface area contributed by atoms with E-state index in [-0.39, 0.29) is 16.8 Å². The van der Waals surface area contributed by atoms with Crippen molar-refractivity contribution < 1.29 is 14.6 Å². The first kappa shape index (κ1) is 14.8. The third-order valence-electron chi connectivity index (χ3n) is 2.68. The molecule has 0 aromatic heterocycles. The smallest absolute Gasteiger partial charge is 0.261 e. The van der Waals surface area contributed by atoms with Crippen molar-refractivity contribution >= 4 is 28.9 Å². The van der Waals surface area contributed by atoms with Crippen molar-refractivity contribution in [1.29, 1.82) is 0 Å². The van der Waals surface area contributed by atoms with Gasteiger partial charge in [-0.15, -0.1) is 0 Å². The number of rotatable bonds is 3. The predicted molar refractivity (Wildman–Crippen MR) is 84.8 cm³/mol. The summed E-state index contributed by atoms with van der Waals surface area (Å²) in [6, 6.07) is 13.3. The predicted octanol–water partition coefficient (Wildman–Crippen LogP) is 2.53. The van der Waals surface area contributed by atoms with E-state index in [1.807, 2.05) is 0 Å². The van der Waals surface area contributed by atoms with E-state index in [1.54, 1.807) is 42.5 Å². The Labute approximate surface area is 127 Å². The standard InChI is InChI=1S/C15H14N2O3S/c1-20-13-8-3-2-7-12(13)14(19)17-15(21)16-10-5-4-6-11(18)9-10/h2-9,18H,1H3,(H2,16,17,19,21). The van der Waals surface area contributed by atoms with Crippen LogP contribution >= 0.6 is 12.2 Å². The lowest BCUT2D eigenvalue weighted by molar-refractivity contribution is 0.0975. The molecule has 0 fully saturated rings. The lowest BCUT2D eigenvalue weighted by Crippen LogP contribution is -2.34. The molecule has 0 spiro atoms. The van der Waals surface area contributed by atoms with E-state index in [9.17, 15) is 9.90 Å². The molecule has 0 aliphatic rings. The van der Waals surface area contributed by atoms with Gasteiger partial charge in [-0.1, -0.05) is 18.2 Å². The lowest BCUT2D eigenvalue weighted by Gasteiger charge is -2.11. The number of ether oxygens (including phenoxy) is 1. The van der Waals surface area contributed by atoms with E-state index in [0.29, 0.717) is 17.0 Å². The molecule has 0 bridgehead atoms. The zero-order valence-corrected chi connectivity index (χ0v) is 12.1. The van der Waals surface area contributed by atoms with E-state index in [4.69, 9.17) is 17.0 Å². The second-order valence-electron chi connectivity index (χ2n) is 4.16. The first-order valence-electron chi connectivity index (χ1n) is 6.14. The van der Waals surface area contributed by atoms with Crippen LogP contribution in [0.1, 0.15) is 10.4 Å². The highest BCUT2D eigenvalue weighted by Crippen LogP contribution is 2.17. The molecular formula is C15H14N2O3S. The topological polar surface area (TPSA) is 70.6 Å². The van der Waals surface area contributed by atoms with Crippen molar-refractivity contribution in [2.45, 2.75) is 0 Å². The van der Waals surface area contributed by atoms with Gasteiger partial charge in [-0.25, -0.2) is 0 Å². The largest absolute Gasteiger partial charge is 0.508 e. The fraction of sp³-hybridized carbons (Fsp3) is 0.0667. The number of benzene rings is 2. The molecule has 0 unspecified atom stereocenters. The van der Waals surface area contributed by atoms with Crippen molar-refractivity contribution in [3.05, 3.63) is 54.1 Å². The van der Waals surface area contributed by atoms with Gasteiger partial charge < -0.3 is 15.2 Å². The van der Waals surface area contributed by atoms with Gasteiger partial charge in [-0.05, 0) is 36.5 Å². The van der Waals surface area contributed by atoms with E-state index in [2.05, 4.69) is 10.6 Å². The van der Waals surface area contributed by atoms with Crippen molar-refractivity contribution in [1.82, 2.24) is 5.32 Å². The highest BCUT2D eigenvalue weighted by molar-refractivity contribution is 7.80. The highest BCUT2D eigenvalue weighted by Gasteiger charge is 2.12. The molecule has 21 heavy (non-hydrogen) atoms. The van der Waals surface area contributed by atoms with Gasteiger partial charge in [0.05, 0.1) is 12.7 Å². The first-order chi connectivity index (χ1) is 10.1. The minimum Gasteiger partial charge on any atom is -0.508 e. The number of methoxy groups -OCH3 is 1. The Kier molecular flexibility index (Phi) is 4.73. The van der Waals surface area contributed by atoms with Crippen LogP contribution in [0.5, 0.6) is 11.5 Å². The van der Waals surface area contributed by atoms with E-state index >= 15 is 0 Å². The van der Waals surface area contributed by atoms with Gasteiger partial charge in [-0.2, -0.15) is 0 Å². The molecule has 1 amide bonds. The molecule has 0 heterocycles. The van der Waals surface area contributed by atoms with Gasteiger partial charge in [0, 0.05) is 11.8 Å². The fourth-order valence-corrected chi connectivity index (χ4v) is 1.96. The Hall–Kier alpha value is -2.60. The summed E-state index contributed by atoms with van der Waals surface area (Å²) in [6.45, 7) is 0. The maximum absolute atomic E-state index is 12.1. The molecule has 3 N–H and O–H groups in total. The summed E-state index contributed by atoms with van der Waals surface area (Å²) >= 11 is 5.07. The van der Waals surface area contributed by atoms with Crippen LogP contribution < -0.4 is 15.4 Å². The van der Waals surface area contributed by atoms with Gasteiger partial charge in [0.15, 0.2) is 5.11 Å². The Morgan fingerprint density at radius 2 is 1.95 bits per heavy atom. The van der Waals surface area contributed by atoms with Crippen LogP contribution in [0.3, 0.4) is 0 Å². The monoisotopic (exact) mass is 302 g/mol. The Balaban J connectivity index is 2.04. The van der Waals surface area contributed by atoms with Crippen molar-refractivity contribution in [3.8, 4) is 11.5 Å². The molecule has 2 aromatic carbocycles. The summed E-state index contributed by atoms with van der Waals surface area (Å²) in [5.41, 5.74) is 0.973. The van der Waals surface area contributed by atoms with Crippen LogP contribution in [0, 0.1) is 0 Å². The third kappa shape index (κ3) is 3.93. The first-order valence-corrected chi connectivity index (χ1v) is 6.55. The van der Waals surface area contributed by atoms with Gasteiger partial charge in [-0.3, -0.25) is 10.1 Å². The normalized spacial score (nSPS) is 9.76. The van der Waals surface area contributed by atoms with Gasteiger partial charge in [0.1, 0.15) is 11.5 Å². The number of carbonyl (C=O) groups excluding carboxylic acids is 1. The third-order valence-corrected chi connectivity index (χ3v) is 2.89. The average Bonchev–Trinajstić information content (AvgIpc) is 2.47. The molecule has 0 aliphatic carbocycles. The number of para-hydroxylation sites is 1. The molecule has 0 saturated carbocycles. The number of hydrogen-bond acceptors (Lipinski definition) is 4. The number of amides is 1. The average molecular weight is 302 g/mol. The molecule has 0 radical (unpaired) electrons. The number of phenols is 1. The molecule has 2 rings (SSSR count). The Morgan fingerprint density at radius 3 is 2.67 bits per heavy atom. The minimum atomic E-state index is -0.370. The number of thiocarbonyl (C=S) groups is 1. The molecule has 108 valence electrons. The summed E-state index contributed by atoms with van der Waals surface area (Å²) in [5.74, 6) is 0.208.